The van der Waals surface area contributed by atoms with Crippen molar-refractivity contribution in [2.24, 2.45) is 0 Å². The largest absolute Gasteiger partial charge is 2.00 e. The molecule has 1 nitrogen and oxygen atoms in total. The van der Waals surface area contributed by atoms with Gasteiger partial charge in [-0.3, -0.25) is 0 Å². The first-order valence-electron chi connectivity index (χ1n) is 3.17. The topological polar surface area (TPSA) is 4.44 Å². The molecule has 0 saturated heterocycles. The number of hydrogen-bond acceptors (Lipinski definition) is 0. The molecular formula is C8H15Cl2NZr. The Labute approximate surface area is 107 Å². The molecule has 0 heterocycles. The van der Waals surface area contributed by atoms with Gasteiger partial charge >= 0.3 is 26.2 Å². The van der Waals surface area contributed by atoms with Gasteiger partial charge in [-0.25, -0.2) is 12.1 Å². The predicted molar refractivity (Wildman–Crippen MR) is 40.8 cm³/mol. The summed E-state index contributed by atoms with van der Waals surface area (Å²) in [5.41, 5.74) is 0. The Morgan fingerprint density at radius 2 is 1.17 bits per heavy atom. The first kappa shape index (κ1) is 23.0. The smallest absolute Gasteiger partial charge is 1.00 e. The number of hydrogen-bond donors (Lipinski definition) is 1. The predicted octanol–water partition coefficient (Wildman–Crippen LogP) is -5.83. The quantitative estimate of drug-likeness (QED) is 0.454. The molecule has 4 heteroatoms. The minimum Gasteiger partial charge on any atom is -1.00 e. The minimum absolute atomic E-state index is 0. The van der Waals surface area contributed by atoms with Gasteiger partial charge in [0, 0.05) is 0 Å². The van der Waals surface area contributed by atoms with Crippen LogP contribution in [0.2, 0.25) is 0 Å². The van der Waals surface area contributed by atoms with Crippen molar-refractivity contribution < 1.29 is 55.9 Å². The van der Waals surface area contributed by atoms with Gasteiger partial charge in [-0.15, -0.1) is 0 Å². The maximum absolute atomic E-state index is 2.08. The molecule has 12 heavy (non-hydrogen) atoms. The van der Waals surface area contributed by atoms with Gasteiger partial charge in [-0.05, 0) is 0 Å². The van der Waals surface area contributed by atoms with Crippen LogP contribution in [-0.4, -0.2) is 21.1 Å². The van der Waals surface area contributed by atoms with Crippen LogP contribution < -0.4 is 29.7 Å². The first-order chi connectivity index (χ1) is 4.23. The van der Waals surface area contributed by atoms with E-state index in [1.165, 1.54) is 4.90 Å². The summed E-state index contributed by atoms with van der Waals surface area (Å²) in [7, 11) is 6.25. The van der Waals surface area contributed by atoms with Crippen LogP contribution in [0.5, 0.6) is 0 Å². The van der Waals surface area contributed by atoms with Gasteiger partial charge in [0.2, 0.25) is 0 Å². The second kappa shape index (κ2) is 17.8. The van der Waals surface area contributed by atoms with E-state index in [-0.39, 0.29) is 51.0 Å². The van der Waals surface area contributed by atoms with Crippen molar-refractivity contribution in [1.82, 2.24) is 0 Å². The Hall–Kier alpha value is 0.773. The Kier molecular flexibility index (Phi) is 34.0. The van der Waals surface area contributed by atoms with Gasteiger partial charge in [0.1, 0.15) is 0 Å². The van der Waals surface area contributed by atoms with E-state index in [1.807, 2.05) is 30.3 Å². The second-order valence-electron chi connectivity index (χ2n) is 2.46. The summed E-state index contributed by atoms with van der Waals surface area (Å²) < 4.78 is 0. The van der Waals surface area contributed by atoms with Crippen molar-refractivity contribution in [2.45, 2.75) is 0 Å². The van der Waals surface area contributed by atoms with Crippen LogP contribution in [0.25, 0.3) is 0 Å². The standard InChI is InChI=1S/C5H5.C3H9N.2ClH.Zr/c1-2-4-5-3-1;1-4(2)3;;;/h1-5H;1-3H3;2*1H;/q-1;;;;+2/p-1. The molecule has 70 valence electrons. The van der Waals surface area contributed by atoms with E-state index >= 15 is 0 Å². The second-order valence-corrected chi connectivity index (χ2v) is 2.46. The van der Waals surface area contributed by atoms with Crippen molar-refractivity contribution in [2.75, 3.05) is 21.1 Å². The Morgan fingerprint density at radius 3 is 1.25 bits per heavy atom. The molecule has 1 aromatic carbocycles. The first-order valence-corrected chi connectivity index (χ1v) is 3.17. The van der Waals surface area contributed by atoms with Crippen LogP contribution in [0, 0.1) is 0 Å². The third-order valence-electron chi connectivity index (χ3n) is 0.556. The van der Waals surface area contributed by atoms with Gasteiger partial charge < -0.3 is 29.7 Å². The molecular weight excluding hydrogens is 272 g/mol. The maximum Gasteiger partial charge on any atom is 2.00 e. The summed E-state index contributed by atoms with van der Waals surface area (Å²) in [6.07, 6.45) is 0. The minimum atomic E-state index is 0. The molecule has 1 N–H and O–H groups in total. The van der Waals surface area contributed by atoms with E-state index in [4.69, 9.17) is 0 Å². The van der Waals surface area contributed by atoms with Gasteiger partial charge in [0.15, 0.2) is 0 Å². The van der Waals surface area contributed by atoms with Crippen LogP contribution in [0.4, 0.5) is 0 Å². The van der Waals surface area contributed by atoms with Crippen molar-refractivity contribution in [3.63, 3.8) is 0 Å². The zero-order valence-corrected chi connectivity index (χ0v) is 11.6. The Balaban J connectivity index is -0.0000000436. The normalized spacial score (nSPS) is 6.33. The molecule has 0 fully saturated rings. The molecule has 0 unspecified atom stereocenters. The molecule has 0 spiro atoms. The van der Waals surface area contributed by atoms with Crippen molar-refractivity contribution in [3.05, 3.63) is 30.3 Å². The Bertz CT molecular complexity index is 101. The molecule has 0 aliphatic rings. The van der Waals surface area contributed by atoms with Crippen LogP contribution >= 0.6 is 0 Å². The SMILES string of the molecule is C[NH+](C)C.[Cl-].[Cl-].[Zr+2].c1cc[cH-]c1. The molecule has 0 amide bonds. The number of halogens is 2. The van der Waals surface area contributed by atoms with E-state index in [0.717, 1.165) is 0 Å². The summed E-state index contributed by atoms with van der Waals surface area (Å²) >= 11 is 0. The summed E-state index contributed by atoms with van der Waals surface area (Å²) in [4.78, 5) is 1.42. The van der Waals surface area contributed by atoms with Crippen LogP contribution in [0.3, 0.4) is 0 Å². The van der Waals surface area contributed by atoms with Gasteiger partial charge in [0.25, 0.3) is 0 Å². The average molecular weight is 287 g/mol. The summed E-state index contributed by atoms with van der Waals surface area (Å²) in [5, 5.41) is 0. The number of quaternary nitrogens is 1. The van der Waals surface area contributed by atoms with Gasteiger partial charge in [-0.2, -0.15) is 18.2 Å². The van der Waals surface area contributed by atoms with Crippen LogP contribution in [0.15, 0.2) is 30.3 Å². The molecule has 0 bridgehead atoms. The molecule has 1 aromatic rings. The Morgan fingerprint density at radius 1 is 0.917 bits per heavy atom. The van der Waals surface area contributed by atoms with Crippen molar-refractivity contribution in [3.8, 4) is 0 Å². The molecule has 0 aliphatic heterocycles. The van der Waals surface area contributed by atoms with Crippen LogP contribution in [0.1, 0.15) is 0 Å². The summed E-state index contributed by atoms with van der Waals surface area (Å²) in [6, 6.07) is 10.0. The molecule has 0 aromatic heterocycles. The third-order valence-corrected chi connectivity index (χ3v) is 0.556. The van der Waals surface area contributed by atoms with E-state index < -0.39 is 0 Å². The molecule has 0 atom stereocenters. The molecule has 0 saturated carbocycles. The van der Waals surface area contributed by atoms with Gasteiger partial charge in [-0.1, -0.05) is 0 Å². The summed E-state index contributed by atoms with van der Waals surface area (Å²) in [5.74, 6) is 0. The molecule has 1 rings (SSSR count). The zero-order chi connectivity index (χ0) is 7.11. The molecule has 0 radical (unpaired) electrons. The average Bonchev–Trinajstić information content (AvgIpc) is 2.11. The van der Waals surface area contributed by atoms with E-state index in [9.17, 15) is 0 Å². The monoisotopic (exact) mass is 285 g/mol. The van der Waals surface area contributed by atoms with E-state index in [0.29, 0.717) is 0 Å². The van der Waals surface area contributed by atoms with E-state index in [2.05, 4.69) is 21.1 Å². The van der Waals surface area contributed by atoms with Crippen molar-refractivity contribution >= 4 is 0 Å². The van der Waals surface area contributed by atoms with E-state index in [1.54, 1.807) is 0 Å². The fourth-order valence-electron chi connectivity index (χ4n) is 0.321. The van der Waals surface area contributed by atoms with Crippen LogP contribution in [-0.2, 0) is 26.2 Å². The fraction of sp³-hybridized carbons (Fsp3) is 0.375. The number of rotatable bonds is 0. The summed E-state index contributed by atoms with van der Waals surface area (Å²) in [6.45, 7) is 0. The third kappa shape index (κ3) is 30.9. The van der Waals surface area contributed by atoms with Crippen molar-refractivity contribution in [1.29, 1.82) is 0 Å². The zero-order valence-electron chi connectivity index (χ0n) is 7.64. The van der Waals surface area contributed by atoms with Gasteiger partial charge in [0.05, 0.1) is 21.1 Å². The maximum atomic E-state index is 2.08. The number of nitrogens with one attached hydrogen (secondary N) is 1. The molecule has 0 aliphatic carbocycles. The fourth-order valence-corrected chi connectivity index (χ4v) is 0.321.